The molecule has 0 aliphatic carbocycles. The Morgan fingerprint density at radius 3 is 2.21 bits per heavy atom. The summed E-state index contributed by atoms with van der Waals surface area (Å²) in [6, 6.07) is 4.80. The lowest BCUT2D eigenvalue weighted by molar-refractivity contribution is 0.258. The molecule has 0 spiro atoms. The average molecular weight is 326 g/mol. The Hall–Kier alpha value is -1.95. The van der Waals surface area contributed by atoms with Crippen molar-refractivity contribution in [2.45, 2.75) is 33.7 Å². The fraction of sp³-hybridized carbons (Fsp3) is 0.611. The van der Waals surface area contributed by atoms with Crippen LogP contribution < -0.4 is 4.90 Å². The zero-order chi connectivity index (χ0) is 16.8. The van der Waals surface area contributed by atoms with Crippen LogP contribution in [-0.2, 0) is 0 Å². The van der Waals surface area contributed by atoms with Gasteiger partial charge in [0.15, 0.2) is 5.82 Å². The van der Waals surface area contributed by atoms with Crippen LogP contribution in [-0.4, -0.2) is 56.9 Å². The van der Waals surface area contributed by atoms with Gasteiger partial charge in [0.2, 0.25) is 0 Å². The zero-order valence-corrected chi connectivity index (χ0v) is 15.0. The lowest BCUT2D eigenvalue weighted by Gasteiger charge is -2.24. The van der Waals surface area contributed by atoms with Crippen molar-refractivity contribution < 1.29 is 0 Å². The molecule has 6 nitrogen and oxygen atoms in total. The van der Waals surface area contributed by atoms with Crippen LogP contribution >= 0.6 is 0 Å². The van der Waals surface area contributed by atoms with Crippen LogP contribution in [0.15, 0.2) is 18.5 Å². The van der Waals surface area contributed by atoms with Crippen molar-refractivity contribution >= 4 is 5.82 Å². The first-order chi connectivity index (χ1) is 11.5. The third-order valence-corrected chi connectivity index (χ3v) is 5.43. The van der Waals surface area contributed by atoms with Gasteiger partial charge in [0.05, 0.1) is 5.69 Å². The minimum absolute atomic E-state index is 0.653. The monoisotopic (exact) mass is 326 g/mol. The van der Waals surface area contributed by atoms with E-state index in [-0.39, 0.29) is 0 Å². The van der Waals surface area contributed by atoms with Crippen LogP contribution in [0.2, 0.25) is 0 Å². The summed E-state index contributed by atoms with van der Waals surface area (Å²) in [5.41, 5.74) is 2.11. The maximum absolute atomic E-state index is 4.54. The summed E-state index contributed by atoms with van der Waals surface area (Å²) < 4.78 is 1.90. The van der Waals surface area contributed by atoms with Crippen molar-refractivity contribution in [1.82, 2.24) is 24.6 Å². The Labute approximate surface area is 143 Å². The maximum atomic E-state index is 4.54. The molecule has 2 fully saturated rings. The second-order valence-electron chi connectivity index (χ2n) is 7.55. The van der Waals surface area contributed by atoms with E-state index < -0.39 is 0 Å². The third-order valence-electron chi connectivity index (χ3n) is 5.43. The van der Waals surface area contributed by atoms with Crippen LogP contribution in [0.3, 0.4) is 0 Å². The third kappa shape index (κ3) is 2.69. The van der Waals surface area contributed by atoms with Gasteiger partial charge in [-0.05, 0) is 45.6 Å². The Morgan fingerprint density at radius 1 is 0.958 bits per heavy atom. The summed E-state index contributed by atoms with van der Waals surface area (Å²) in [6.45, 7) is 13.3. The Balaban J connectivity index is 1.53. The highest BCUT2D eigenvalue weighted by Gasteiger charge is 2.41. The Morgan fingerprint density at radius 2 is 1.62 bits per heavy atom. The van der Waals surface area contributed by atoms with Crippen molar-refractivity contribution in [3.8, 4) is 5.82 Å². The number of hydrogen-bond donors (Lipinski definition) is 0. The molecule has 24 heavy (non-hydrogen) atoms. The first-order valence-corrected chi connectivity index (χ1v) is 8.86. The summed E-state index contributed by atoms with van der Waals surface area (Å²) >= 11 is 0. The van der Waals surface area contributed by atoms with Crippen molar-refractivity contribution in [3.63, 3.8) is 0 Å². The van der Waals surface area contributed by atoms with E-state index in [0.717, 1.165) is 47.9 Å². The van der Waals surface area contributed by atoms with Gasteiger partial charge in [0.1, 0.15) is 12.1 Å². The van der Waals surface area contributed by atoms with Crippen LogP contribution in [0.4, 0.5) is 5.82 Å². The average Bonchev–Trinajstić information content (AvgIpc) is 3.19. The van der Waals surface area contributed by atoms with E-state index in [1.54, 1.807) is 6.33 Å². The fourth-order valence-electron chi connectivity index (χ4n) is 4.12. The molecule has 0 bridgehead atoms. The highest BCUT2D eigenvalue weighted by molar-refractivity contribution is 5.45. The molecule has 6 heteroatoms. The minimum atomic E-state index is 0.653. The van der Waals surface area contributed by atoms with Gasteiger partial charge < -0.3 is 9.80 Å². The molecule has 4 rings (SSSR count). The van der Waals surface area contributed by atoms with Gasteiger partial charge in [-0.3, -0.25) is 0 Å². The summed E-state index contributed by atoms with van der Waals surface area (Å²) in [4.78, 5) is 14.0. The van der Waals surface area contributed by atoms with Gasteiger partial charge in [0.25, 0.3) is 0 Å². The van der Waals surface area contributed by atoms with Crippen molar-refractivity contribution in [2.75, 3.05) is 31.1 Å². The minimum Gasteiger partial charge on any atom is -0.356 e. The Kier molecular flexibility index (Phi) is 3.79. The topological polar surface area (TPSA) is 50.1 Å². The molecule has 2 aliphatic heterocycles. The number of aromatic nitrogens is 4. The van der Waals surface area contributed by atoms with E-state index in [4.69, 9.17) is 0 Å². The van der Waals surface area contributed by atoms with E-state index in [0.29, 0.717) is 6.04 Å². The molecule has 4 heterocycles. The predicted molar refractivity (Wildman–Crippen MR) is 94.5 cm³/mol. The van der Waals surface area contributed by atoms with Crippen molar-refractivity contribution in [3.05, 3.63) is 29.8 Å². The molecular formula is C18H26N6. The van der Waals surface area contributed by atoms with Gasteiger partial charge in [0, 0.05) is 44.0 Å². The van der Waals surface area contributed by atoms with E-state index in [1.807, 2.05) is 11.6 Å². The zero-order valence-electron chi connectivity index (χ0n) is 15.0. The second kappa shape index (κ2) is 5.84. The lowest BCUT2D eigenvalue weighted by Crippen LogP contribution is -2.33. The smallest absolute Gasteiger partial charge is 0.159 e. The van der Waals surface area contributed by atoms with Gasteiger partial charge in [-0.1, -0.05) is 0 Å². The number of fused-ring (bicyclic) bond motifs is 1. The molecule has 0 saturated carbocycles. The standard InChI is InChI=1S/C18H26N6/c1-12(2)22-7-15-9-23(10-16(15)8-22)17-6-18(20-11-19-17)24-14(4)5-13(3)21-24/h5-6,11-12,15-16H,7-10H2,1-4H3. The van der Waals surface area contributed by atoms with Crippen LogP contribution in [0, 0.1) is 25.7 Å². The van der Waals surface area contributed by atoms with Gasteiger partial charge in [-0.25, -0.2) is 14.6 Å². The van der Waals surface area contributed by atoms with Gasteiger partial charge in [-0.15, -0.1) is 0 Å². The molecule has 2 aromatic rings. The Bertz CT molecular complexity index is 723. The fourth-order valence-corrected chi connectivity index (χ4v) is 4.12. The van der Waals surface area contributed by atoms with E-state index in [2.05, 4.69) is 57.8 Å². The number of anilines is 1. The molecule has 0 amide bonds. The second-order valence-corrected chi connectivity index (χ2v) is 7.55. The van der Waals surface area contributed by atoms with Crippen molar-refractivity contribution in [2.24, 2.45) is 11.8 Å². The first kappa shape index (κ1) is 15.6. The number of hydrogen-bond acceptors (Lipinski definition) is 5. The normalized spacial score (nSPS) is 24.1. The molecule has 0 radical (unpaired) electrons. The summed E-state index contributed by atoms with van der Waals surface area (Å²) in [5.74, 6) is 3.41. The molecule has 2 saturated heterocycles. The summed E-state index contributed by atoms with van der Waals surface area (Å²) in [5, 5.41) is 4.54. The predicted octanol–water partition coefficient (Wildman–Crippen LogP) is 2.06. The van der Waals surface area contributed by atoms with Gasteiger partial charge >= 0.3 is 0 Å². The lowest BCUT2D eigenvalue weighted by atomic mass is 10.0. The molecule has 2 unspecified atom stereocenters. The highest BCUT2D eigenvalue weighted by Crippen LogP contribution is 2.34. The molecular weight excluding hydrogens is 300 g/mol. The maximum Gasteiger partial charge on any atom is 0.159 e. The van der Waals surface area contributed by atoms with E-state index in [9.17, 15) is 0 Å². The molecule has 128 valence electrons. The van der Waals surface area contributed by atoms with Gasteiger partial charge in [-0.2, -0.15) is 5.10 Å². The SMILES string of the molecule is Cc1cc(C)n(-c2cc(N3CC4CN(C(C)C)CC4C3)ncn2)n1. The number of aryl methyl sites for hydroxylation is 2. The van der Waals surface area contributed by atoms with Crippen LogP contribution in [0.5, 0.6) is 0 Å². The van der Waals surface area contributed by atoms with E-state index >= 15 is 0 Å². The number of likely N-dealkylation sites (tertiary alicyclic amines) is 1. The number of rotatable bonds is 3. The molecule has 2 atom stereocenters. The highest BCUT2D eigenvalue weighted by atomic mass is 15.3. The molecule has 2 aromatic heterocycles. The van der Waals surface area contributed by atoms with Crippen LogP contribution in [0.1, 0.15) is 25.2 Å². The summed E-state index contributed by atoms with van der Waals surface area (Å²) in [6.07, 6.45) is 1.66. The number of nitrogens with zero attached hydrogens (tertiary/aromatic N) is 6. The van der Waals surface area contributed by atoms with Crippen LogP contribution in [0.25, 0.3) is 5.82 Å². The molecule has 2 aliphatic rings. The summed E-state index contributed by atoms with van der Waals surface area (Å²) in [7, 11) is 0. The quantitative estimate of drug-likeness (QED) is 0.864. The van der Waals surface area contributed by atoms with E-state index in [1.165, 1.54) is 13.1 Å². The first-order valence-electron chi connectivity index (χ1n) is 8.86. The molecule has 0 aromatic carbocycles. The molecule has 0 N–H and O–H groups in total. The largest absolute Gasteiger partial charge is 0.356 e. The van der Waals surface area contributed by atoms with Crippen molar-refractivity contribution in [1.29, 1.82) is 0 Å².